The van der Waals surface area contributed by atoms with Gasteiger partial charge in [-0.1, -0.05) is 36.9 Å². The summed E-state index contributed by atoms with van der Waals surface area (Å²) in [6.45, 7) is 5.31. The van der Waals surface area contributed by atoms with E-state index in [2.05, 4.69) is 11.5 Å². The second kappa shape index (κ2) is 5.36. The molecule has 0 spiro atoms. The zero-order valence-electron chi connectivity index (χ0n) is 10.7. The smallest absolute Gasteiger partial charge is 0.308 e. The summed E-state index contributed by atoms with van der Waals surface area (Å²) in [5.74, 6) is -0.879. The van der Waals surface area contributed by atoms with E-state index in [-0.39, 0.29) is 11.8 Å². The van der Waals surface area contributed by atoms with E-state index in [9.17, 15) is 9.90 Å². The number of piperidine rings is 1. The molecule has 1 N–H and O–H groups in total. The number of aliphatic carboxylic acids is 1. The number of rotatable bonds is 3. The van der Waals surface area contributed by atoms with Crippen molar-refractivity contribution >= 4 is 12.0 Å². The highest BCUT2D eigenvalue weighted by Gasteiger charge is 2.33. The van der Waals surface area contributed by atoms with Gasteiger partial charge < -0.3 is 10.0 Å². The van der Waals surface area contributed by atoms with Crippen LogP contribution >= 0.6 is 0 Å². The fraction of sp³-hybridized carbons (Fsp3) is 0.400. The topological polar surface area (TPSA) is 40.5 Å². The molecule has 2 atom stereocenters. The summed E-state index contributed by atoms with van der Waals surface area (Å²) in [5, 5.41) is 9.35. The Morgan fingerprint density at radius 3 is 2.67 bits per heavy atom. The minimum Gasteiger partial charge on any atom is -0.481 e. The van der Waals surface area contributed by atoms with Crippen LogP contribution in [0.2, 0.25) is 0 Å². The number of benzene rings is 1. The maximum Gasteiger partial charge on any atom is 0.308 e. The van der Waals surface area contributed by atoms with Gasteiger partial charge in [0, 0.05) is 6.54 Å². The number of likely N-dealkylation sites (tertiary alicyclic amines) is 1. The normalized spacial score (nSPS) is 24.7. The molecule has 0 bridgehead atoms. The largest absolute Gasteiger partial charge is 0.481 e. The number of nitrogens with zero attached hydrogens (tertiary/aromatic N) is 1. The number of hydrogen-bond acceptors (Lipinski definition) is 2. The molecule has 18 heavy (non-hydrogen) atoms. The Hall–Kier alpha value is -1.61. The van der Waals surface area contributed by atoms with Gasteiger partial charge >= 0.3 is 5.97 Å². The first-order valence-electron chi connectivity index (χ1n) is 6.25. The number of carbonyl (C=O) groups is 1. The third-order valence-corrected chi connectivity index (χ3v) is 3.73. The summed E-state index contributed by atoms with van der Waals surface area (Å²) < 4.78 is 0. The fourth-order valence-corrected chi connectivity index (χ4v) is 2.64. The van der Waals surface area contributed by atoms with Crippen molar-refractivity contribution in [1.82, 2.24) is 4.90 Å². The van der Waals surface area contributed by atoms with Gasteiger partial charge in [0.2, 0.25) is 0 Å². The molecule has 1 heterocycles. The van der Waals surface area contributed by atoms with E-state index >= 15 is 0 Å². The van der Waals surface area contributed by atoms with Crippen LogP contribution in [-0.2, 0) is 4.79 Å². The van der Waals surface area contributed by atoms with Crippen molar-refractivity contribution in [2.24, 2.45) is 5.92 Å². The molecule has 1 aliphatic rings. The molecular weight excluding hydrogens is 226 g/mol. The highest BCUT2D eigenvalue weighted by Crippen LogP contribution is 2.32. The lowest BCUT2D eigenvalue weighted by Gasteiger charge is -2.34. The Bertz CT molecular complexity index is 438. The SMILES string of the molecule is C=Cc1ccc([C@H]2CCN(C)C[C@@H]2C(=O)O)cc1. The molecule has 1 fully saturated rings. The molecule has 0 amide bonds. The highest BCUT2D eigenvalue weighted by molar-refractivity contribution is 5.72. The van der Waals surface area contributed by atoms with Crippen LogP contribution in [0.4, 0.5) is 0 Å². The molecule has 3 nitrogen and oxygen atoms in total. The standard InChI is InChI=1S/C15H19NO2/c1-3-11-4-6-12(7-5-11)13-8-9-16(2)10-14(13)15(17)18/h3-7,13-14H,1,8-10H2,2H3,(H,17,18)/t13-,14+/m1/s1. The van der Waals surface area contributed by atoms with Crippen LogP contribution in [0.25, 0.3) is 6.08 Å². The Morgan fingerprint density at radius 2 is 2.11 bits per heavy atom. The van der Waals surface area contributed by atoms with Gasteiger partial charge in [-0.15, -0.1) is 0 Å². The molecule has 1 saturated heterocycles. The van der Waals surface area contributed by atoms with Crippen LogP contribution in [-0.4, -0.2) is 36.1 Å². The lowest BCUT2D eigenvalue weighted by molar-refractivity contribution is -0.144. The molecule has 3 heteroatoms. The summed E-state index contributed by atoms with van der Waals surface area (Å²) in [6, 6.07) is 8.06. The first kappa shape index (κ1) is 12.8. The van der Waals surface area contributed by atoms with Crippen molar-refractivity contribution in [1.29, 1.82) is 0 Å². The maximum absolute atomic E-state index is 11.4. The summed E-state index contributed by atoms with van der Waals surface area (Å²) in [5.41, 5.74) is 2.19. The van der Waals surface area contributed by atoms with E-state index in [4.69, 9.17) is 0 Å². The zero-order valence-corrected chi connectivity index (χ0v) is 10.7. The van der Waals surface area contributed by atoms with Gasteiger partial charge in [0.15, 0.2) is 0 Å². The lowest BCUT2D eigenvalue weighted by atomic mass is 9.80. The molecular formula is C15H19NO2. The van der Waals surface area contributed by atoms with Crippen LogP contribution in [0, 0.1) is 5.92 Å². The molecule has 96 valence electrons. The predicted octanol–water partition coefficient (Wildman–Crippen LogP) is 2.45. The van der Waals surface area contributed by atoms with Gasteiger partial charge in [-0.25, -0.2) is 0 Å². The van der Waals surface area contributed by atoms with Crippen LogP contribution in [0.3, 0.4) is 0 Å². The Balaban J connectivity index is 2.23. The quantitative estimate of drug-likeness (QED) is 0.889. The average Bonchev–Trinajstić information content (AvgIpc) is 2.39. The van der Waals surface area contributed by atoms with Crippen LogP contribution in [0.5, 0.6) is 0 Å². The minimum atomic E-state index is -0.695. The molecule has 0 unspecified atom stereocenters. The van der Waals surface area contributed by atoms with Crippen molar-refractivity contribution in [3.05, 3.63) is 42.0 Å². The van der Waals surface area contributed by atoms with E-state index in [0.29, 0.717) is 6.54 Å². The van der Waals surface area contributed by atoms with Crippen molar-refractivity contribution in [2.45, 2.75) is 12.3 Å². The van der Waals surface area contributed by atoms with Gasteiger partial charge in [0.05, 0.1) is 5.92 Å². The fourth-order valence-electron chi connectivity index (χ4n) is 2.64. The Kier molecular flexibility index (Phi) is 3.82. The molecule has 0 radical (unpaired) electrons. The predicted molar refractivity (Wildman–Crippen MR) is 72.5 cm³/mol. The monoisotopic (exact) mass is 245 g/mol. The number of carboxylic acids is 1. The summed E-state index contributed by atoms with van der Waals surface area (Å²) in [4.78, 5) is 13.5. The van der Waals surface area contributed by atoms with E-state index in [1.165, 1.54) is 0 Å². The first-order chi connectivity index (χ1) is 8.61. The third kappa shape index (κ3) is 2.62. The molecule has 2 rings (SSSR count). The third-order valence-electron chi connectivity index (χ3n) is 3.73. The van der Waals surface area contributed by atoms with Gasteiger partial charge in [0.25, 0.3) is 0 Å². The molecule has 0 saturated carbocycles. The van der Waals surface area contributed by atoms with Gasteiger partial charge in [-0.3, -0.25) is 4.79 Å². The summed E-state index contributed by atoms with van der Waals surface area (Å²) in [7, 11) is 1.98. The van der Waals surface area contributed by atoms with Crippen molar-refractivity contribution in [3.8, 4) is 0 Å². The van der Waals surface area contributed by atoms with Crippen LogP contribution < -0.4 is 0 Å². The minimum absolute atomic E-state index is 0.123. The van der Waals surface area contributed by atoms with Crippen molar-refractivity contribution < 1.29 is 9.90 Å². The number of hydrogen-bond donors (Lipinski definition) is 1. The van der Waals surface area contributed by atoms with E-state index in [1.807, 2.05) is 31.3 Å². The summed E-state index contributed by atoms with van der Waals surface area (Å²) in [6.07, 6.45) is 2.70. The Morgan fingerprint density at radius 1 is 1.44 bits per heavy atom. The van der Waals surface area contributed by atoms with E-state index in [1.54, 1.807) is 6.08 Å². The van der Waals surface area contributed by atoms with Crippen molar-refractivity contribution in [2.75, 3.05) is 20.1 Å². The highest BCUT2D eigenvalue weighted by atomic mass is 16.4. The number of carboxylic acid groups (broad SMARTS) is 1. The van der Waals surface area contributed by atoms with E-state index < -0.39 is 5.97 Å². The van der Waals surface area contributed by atoms with Gasteiger partial charge in [0.1, 0.15) is 0 Å². The van der Waals surface area contributed by atoms with E-state index in [0.717, 1.165) is 24.1 Å². The van der Waals surface area contributed by atoms with Crippen molar-refractivity contribution in [3.63, 3.8) is 0 Å². The second-order valence-electron chi connectivity index (χ2n) is 4.97. The Labute approximate surface area is 108 Å². The lowest BCUT2D eigenvalue weighted by Crippen LogP contribution is -2.40. The zero-order chi connectivity index (χ0) is 13.1. The molecule has 1 aromatic carbocycles. The van der Waals surface area contributed by atoms with Crippen LogP contribution in [0.1, 0.15) is 23.5 Å². The van der Waals surface area contributed by atoms with Gasteiger partial charge in [-0.2, -0.15) is 0 Å². The molecule has 0 aromatic heterocycles. The molecule has 1 aromatic rings. The maximum atomic E-state index is 11.4. The van der Waals surface area contributed by atoms with Gasteiger partial charge in [-0.05, 0) is 37.1 Å². The molecule has 0 aliphatic carbocycles. The first-order valence-corrected chi connectivity index (χ1v) is 6.25. The summed E-state index contributed by atoms with van der Waals surface area (Å²) >= 11 is 0. The molecule has 1 aliphatic heterocycles. The van der Waals surface area contributed by atoms with Crippen LogP contribution in [0.15, 0.2) is 30.8 Å². The second-order valence-corrected chi connectivity index (χ2v) is 4.97. The average molecular weight is 245 g/mol.